The molecule has 0 saturated carbocycles. The summed E-state index contributed by atoms with van der Waals surface area (Å²) in [5, 5.41) is 4.78. The van der Waals surface area contributed by atoms with Gasteiger partial charge in [-0.05, 0) is 41.2 Å². The Kier molecular flexibility index (Phi) is 14.1. The van der Waals surface area contributed by atoms with Crippen LogP contribution in [-0.4, -0.2) is 67.3 Å². The van der Waals surface area contributed by atoms with Gasteiger partial charge < -0.3 is 4.74 Å². The number of aromatic nitrogens is 2. The van der Waals surface area contributed by atoms with E-state index in [0.717, 1.165) is 36.0 Å². The molecule has 3 amide bonds. The van der Waals surface area contributed by atoms with Gasteiger partial charge in [0.25, 0.3) is 11.8 Å². The Morgan fingerprint density at radius 1 is 0.792 bits per heavy atom. The molecular weight excluding hydrogens is 695 g/mol. The minimum Gasteiger partial charge on any atom is -0.494 e. The van der Waals surface area contributed by atoms with Crippen LogP contribution in [0.5, 0.6) is 5.75 Å². The van der Waals surface area contributed by atoms with Crippen molar-refractivity contribution in [1.82, 2.24) is 25.3 Å². The van der Waals surface area contributed by atoms with Gasteiger partial charge in [0.1, 0.15) is 5.75 Å². The molecule has 1 heterocycles. The lowest BCUT2D eigenvalue weighted by Gasteiger charge is -2.23. The van der Waals surface area contributed by atoms with Crippen LogP contribution in [0.1, 0.15) is 86.1 Å². The molecule has 0 saturated heterocycles. The summed E-state index contributed by atoms with van der Waals surface area (Å²) < 4.78 is 30.7. The fourth-order valence-corrected chi connectivity index (χ4v) is 6.03. The van der Waals surface area contributed by atoms with Crippen LogP contribution in [0.2, 0.25) is 0 Å². The summed E-state index contributed by atoms with van der Waals surface area (Å²) in [6.07, 6.45) is 10.1. The van der Waals surface area contributed by atoms with E-state index in [-0.39, 0.29) is 11.1 Å². The van der Waals surface area contributed by atoms with Crippen LogP contribution in [0.3, 0.4) is 0 Å². The van der Waals surface area contributed by atoms with Crippen molar-refractivity contribution < 1.29 is 32.3 Å². The van der Waals surface area contributed by atoms with Crippen LogP contribution >= 0.6 is 0 Å². The topological polar surface area (TPSA) is 174 Å². The molecule has 3 N–H and O–H groups in total. The summed E-state index contributed by atoms with van der Waals surface area (Å²) in [6, 6.07) is 19.0. The van der Waals surface area contributed by atoms with Crippen molar-refractivity contribution in [3.05, 3.63) is 102 Å². The lowest BCUT2D eigenvalue weighted by molar-refractivity contribution is -0.121. The monoisotopic (exact) mass is 741 g/mol. The molecule has 0 aliphatic rings. The number of Topliss-reactive ketones (excluding diaryl/α,β-unsaturated/α-hetero) is 1. The zero-order valence-corrected chi connectivity index (χ0v) is 31.6. The average molecular weight is 742 g/mol. The lowest BCUT2D eigenvalue weighted by Crippen LogP contribution is -2.53. The Balaban J connectivity index is 1.46. The molecule has 0 bridgehead atoms. The van der Waals surface area contributed by atoms with Crippen molar-refractivity contribution in [2.75, 3.05) is 19.4 Å². The number of imide groups is 1. The zero-order valence-electron chi connectivity index (χ0n) is 30.8. The first-order valence-electron chi connectivity index (χ1n) is 17.5. The maximum absolute atomic E-state index is 13.7. The minimum atomic E-state index is -3.89. The van der Waals surface area contributed by atoms with Gasteiger partial charge in [0.2, 0.25) is 15.9 Å². The SMILES string of the molecule is CCCCCCCOc1ccc(-c2cnc(-c3ccc(C(=O)[C@H](NCC(=O)NS(C)(=O)=O)C(=O)NC(=O)c4ccccc4C(C)(C)C)cc3)nc2)cc1. The number of nitrogens with zero attached hydrogens (tertiary/aromatic N) is 2. The molecular formula is C40H47N5O7S. The normalized spacial score (nSPS) is 12.1. The van der Waals surface area contributed by atoms with E-state index >= 15 is 0 Å². The Bertz CT molecular complexity index is 1990. The summed E-state index contributed by atoms with van der Waals surface area (Å²) in [4.78, 5) is 61.7. The van der Waals surface area contributed by atoms with Gasteiger partial charge >= 0.3 is 0 Å². The standard InChI is InChI=1S/C40H47N5O7S/c1-6-7-8-9-12-23-52-31-21-19-27(20-22-31)30-24-42-37(43-25-30)29-17-15-28(16-18-29)36(47)35(41-26-34(46)45-53(5,50)51)39(49)44-38(48)32-13-10-11-14-33(32)40(2,3)4/h10-11,13-22,24-25,35,41H,6-9,12,23,26H2,1-5H3,(H,45,46)(H,44,48,49)/t35-/m0/s1. The van der Waals surface area contributed by atoms with Gasteiger partial charge in [-0.1, -0.05) is 108 Å². The molecule has 280 valence electrons. The van der Waals surface area contributed by atoms with Crippen LogP contribution in [0, 0.1) is 0 Å². The number of hydrogen-bond acceptors (Lipinski definition) is 10. The van der Waals surface area contributed by atoms with Crippen LogP contribution in [0.4, 0.5) is 0 Å². The van der Waals surface area contributed by atoms with E-state index in [1.165, 1.54) is 31.4 Å². The number of ether oxygens (including phenoxy) is 1. The second kappa shape index (κ2) is 18.5. The number of amides is 3. The van der Waals surface area contributed by atoms with Gasteiger partial charge in [-0.2, -0.15) is 0 Å². The fourth-order valence-electron chi connectivity index (χ4n) is 5.54. The van der Waals surface area contributed by atoms with Crippen molar-refractivity contribution in [2.24, 2.45) is 0 Å². The molecule has 53 heavy (non-hydrogen) atoms. The number of carbonyl (C=O) groups excluding carboxylic acids is 4. The molecule has 0 aliphatic carbocycles. The number of rotatable bonds is 17. The smallest absolute Gasteiger partial charge is 0.258 e. The van der Waals surface area contributed by atoms with Crippen LogP contribution < -0.4 is 20.1 Å². The summed E-state index contributed by atoms with van der Waals surface area (Å²) in [5.41, 5.74) is 2.94. The Labute approximate surface area is 311 Å². The third kappa shape index (κ3) is 12.1. The molecule has 13 heteroatoms. The number of sulfonamides is 1. The largest absolute Gasteiger partial charge is 0.494 e. The molecule has 4 rings (SSSR count). The highest BCUT2D eigenvalue weighted by molar-refractivity contribution is 7.89. The number of unbranched alkanes of at least 4 members (excludes halogenated alkanes) is 4. The van der Waals surface area contributed by atoms with Crippen LogP contribution in [-0.2, 0) is 25.0 Å². The highest BCUT2D eigenvalue weighted by Crippen LogP contribution is 2.26. The first-order chi connectivity index (χ1) is 25.2. The summed E-state index contributed by atoms with van der Waals surface area (Å²) >= 11 is 0. The van der Waals surface area contributed by atoms with Gasteiger partial charge in [-0.3, -0.25) is 34.5 Å². The molecule has 0 unspecified atom stereocenters. The molecule has 0 aliphatic heterocycles. The average Bonchev–Trinajstić information content (AvgIpc) is 3.12. The number of ketones is 1. The van der Waals surface area contributed by atoms with Crippen molar-refractivity contribution >= 4 is 33.5 Å². The first-order valence-corrected chi connectivity index (χ1v) is 19.4. The van der Waals surface area contributed by atoms with E-state index in [1.807, 2.05) is 45.0 Å². The molecule has 3 aromatic carbocycles. The van der Waals surface area contributed by atoms with Gasteiger partial charge in [0.05, 0.1) is 19.4 Å². The minimum absolute atomic E-state index is 0.0901. The lowest BCUT2D eigenvalue weighted by atomic mass is 9.83. The van der Waals surface area contributed by atoms with Crippen LogP contribution in [0.25, 0.3) is 22.5 Å². The molecule has 1 aromatic heterocycles. The molecule has 0 spiro atoms. The van der Waals surface area contributed by atoms with Crippen molar-refractivity contribution in [1.29, 1.82) is 0 Å². The predicted molar refractivity (Wildman–Crippen MR) is 204 cm³/mol. The highest BCUT2D eigenvalue weighted by atomic mass is 32.2. The Hall–Kier alpha value is -5.27. The van der Waals surface area contributed by atoms with Gasteiger partial charge in [0, 0.05) is 34.6 Å². The van der Waals surface area contributed by atoms with E-state index in [0.29, 0.717) is 23.6 Å². The molecule has 0 radical (unpaired) electrons. The molecule has 1 atom stereocenters. The van der Waals surface area contributed by atoms with Crippen LogP contribution in [0.15, 0.2) is 85.2 Å². The fraction of sp³-hybridized carbons (Fsp3) is 0.350. The highest BCUT2D eigenvalue weighted by Gasteiger charge is 2.31. The van der Waals surface area contributed by atoms with Crippen molar-refractivity contribution in [3.63, 3.8) is 0 Å². The predicted octanol–water partition coefficient (Wildman–Crippen LogP) is 5.63. The number of hydrogen-bond donors (Lipinski definition) is 3. The second-order valence-electron chi connectivity index (χ2n) is 13.7. The maximum Gasteiger partial charge on any atom is 0.258 e. The van der Waals surface area contributed by atoms with Crippen molar-refractivity contribution in [3.8, 4) is 28.3 Å². The third-order valence-corrected chi connectivity index (χ3v) is 8.89. The number of nitrogens with one attached hydrogen (secondary N) is 3. The van der Waals surface area contributed by atoms with Gasteiger partial charge in [-0.25, -0.2) is 18.4 Å². The van der Waals surface area contributed by atoms with Gasteiger partial charge in [0.15, 0.2) is 17.6 Å². The Morgan fingerprint density at radius 2 is 1.42 bits per heavy atom. The maximum atomic E-state index is 13.7. The molecule has 4 aromatic rings. The van der Waals surface area contributed by atoms with E-state index in [9.17, 15) is 27.6 Å². The molecule has 12 nitrogen and oxygen atoms in total. The van der Waals surface area contributed by atoms with E-state index in [2.05, 4.69) is 27.5 Å². The van der Waals surface area contributed by atoms with Crippen molar-refractivity contribution in [2.45, 2.75) is 71.3 Å². The van der Waals surface area contributed by atoms with E-state index in [4.69, 9.17) is 4.74 Å². The summed E-state index contributed by atoms with van der Waals surface area (Å²) in [5.74, 6) is -2.27. The number of carbonyl (C=O) groups is 4. The molecule has 0 fully saturated rings. The third-order valence-electron chi connectivity index (χ3n) is 8.29. The van der Waals surface area contributed by atoms with E-state index in [1.54, 1.807) is 53.5 Å². The summed E-state index contributed by atoms with van der Waals surface area (Å²) in [6.45, 7) is 7.94. The quantitative estimate of drug-likeness (QED) is 0.0699. The van der Waals surface area contributed by atoms with Gasteiger partial charge in [-0.15, -0.1) is 0 Å². The zero-order chi connectivity index (χ0) is 38.6. The van der Waals surface area contributed by atoms with E-state index < -0.39 is 51.5 Å². The first kappa shape index (κ1) is 40.5. The number of benzene rings is 3. The summed E-state index contributed by atoms with van der Waals surface area (Å²) in [7, 11) is -3.89. The second-order valence-corrected chi connectivity index (χ2v) is 15.5. The Morgan fingerprint density at radius 3 is 2.04 bits per heavy atom.